The van der Waals surface area contributed by atoms with Crippen LogP contribution in [0.3, 0.4) is 0 Å². The van der Waals surface area contributed by atoms with Crippen molar-refractivity contribution < 1.29 is 134 Å². The van der Waals surface area contributed by atoms with E-state index in [1.807, 2.05) is 0 Å². The maximum Gasteiger partial charge on any atom is 0.490 e. The first kappa shape index (κ1) is 42.5. The fourth-order valence-corrected chi connectivity index (χ4v) is 0. The molecule has 30 heavy (non-hydrogen) atoms. The Balaban J connectivity index is -0.0000000626. The fraction of sp³-hybridized carbons (Fsp3) is 0.500. The summed E-state index contributed by atoms with van der Waals surface area (Å²) in [5, 5.41) is 28.5. The Labute approximate surface area is 183 Å². The SMILES string of the molecule is O=C(O)C(F)(F)F.O=C(O)C(F)(F)F.O=C(O)C(F)(F)F.O=C(O)C(F)(F)F.[Mo].[Mo]. The third-order valence-corrected chi connectivity index (χ3v) is 0.970. The van der Waals surface area contributed by atoms with Crippen LogP contribution < -0.4 is 0 Å². The minimum absolute atomic E-state index is 0. The molecule has 0 saturated carbocycles. The number of carboxylic acid groups (broad SMARTS) is 4. The van der Waals surface area contributed by atoms with Gasteiger partial charge in [-0.25, -0.2) is 19.2 Å². The first-order valence-corrected chi connectivity index (χ1v) is 4.98. The van der Waals surface area contributed by atoms with Gasteiger partial charge in [-0.15, -0.1) is 0 Å². The van der Waals surface area contributed by atoms with Crippen LogP contribution in [0.4, 0.5) is 52.7 Å². The zero-order chi connectivity index (χ0) is 24.3. The molecule has 0 saturated heterocycles. The molecule has 0 aromatic rings. The Hall–Kier alpha value is -1.58. The molecule has 0 atom stereocenters. The summed E-state index contributed by atoms with van der Waals surface area (Å²) >= 11 is 0. The van der Waals surface area contributed by atoms with E-state index in [1.165, 1.54) is 0 Å². The van der Waals surface area contributed by atoms with E-state index < -0.39 is 48.6 Å². The van der Waals surface area contributed by atoms with Crippen LogP contribution in [0, 0.1) is 0 Å². The van der Waals surface area contributed by atoms with E-state index >= 15 is 0 Å². The van der Waals surface area contributed by atoms with Crippen molar-refractivity contribution in [1.82, 2.24) is 0 Å². The van der Waals surface area contributed by atoms with Crippen molar-refractivity contribution in [3.63, 3.8) is 0 Å². The largest absolute Gasteiger partial charge is 0.490 e. The minimum atomic E-state index is -5.08. The molecule has 0 aromatic heterocycles. The molecule has 0 bridgehead atoms. The van der Waals surface area contributed by atoms with Gasteiger partial charge in [0, 0.05) is 42.1 Å². The zero-order valence-electron chi connectivity index (χ0n) is 12.8. The predicted molar refractivity (Wildman–Crippen MR) is 54.8 cm³/mol. The van der Waals surface area contributed by atoms with Crippen LogP contribution in [-0.4, -0.2) is 69.0 Å². The quantitative estimate of drug-likeness (QED) is 0.232. The maximum absolute atomic E-state index is 10.6. The number of hydrogen-bond donors (Lipinski definition) is 4. The van der Waals surface area contributed by atoms with Crippen molar-refractivity contribution >= 4 is 23.9 Å². The van der Waals surface area contributed by atoms with Crippen LogP contribution in [0.1, 0.15) is 0 Å². The zero-order valence-corrected chi connectivity index (χ0v) is 16.8. The second-order valence-corrected chi connectivity index (χ2v) is 3.21. The molecule has 0 amide bonds. The van der Waals surface area contributed by atoms with Crippen LogP contribution in [0.15, 0.2) is 0 Å². The minimum Gasteiger partial charge on any atom is -0.475 e. The van der Waals surface area contributed by atoms with Gasteiger partial charge in [-0.05, 0) is 0 Å². The Kier molecular flexibility index (Phi) is 22.9. The molecule has 0 aliphatic heterocycles. The first-order valence-electron chi connectivity index (χ1n) is 4.98. The average Bonchev–Trinajstić information content (AvgIpc) is 2.35. The molecule has 0 unspecified atom stereocenters. The van der Waals surface area contributed by atoms with Crippen molar-refractivity contribution in [2.24, 2.45) is 0 Å². The smallest absolute Gasteiger partial charge is 0.475 e. The van der Waals surface area contributed by atoms with E-state index in [0.29, 0.717) is 0 Å². The molecule has 0 heterocycles. The van der Waals surface area contributed by atoms with Gasteiger partial charge in [-0.1, -0.05) is 0 Å². The van der Waals surface area contributed by atoms with Gasteiger partial charge in [0.05, 0.1) is 0 Å². The Morgan fingerprint density at radius 1 is 0.367 bits per heavy atom. The third kappa shape index (κ3) is 34.0. The first-order chi connectivity index (χ1) is 11.8. The van der Waals surface area contributed by atoms with Gasteiger partial charge in [0.25, 0.3) is 0 Å². The molecule has 4 N–H and O–H groups in total. The third-order valence-electron chi connectivity index (χ3n) is 0.970. The Morgan fingerprint density at radius 2 is 0.400 bits per heavy atom. The molecule has 180 valence electrons. The molecule has 0 rings (SSSR count). The number of aliphatic carboxylic acids is 4. The topological polar surface area (TPSA) is 149 Å². The van der Waals surface area contributed by atoms with Gasteiger partial charge in [-0.3, -0.25) is 0 Å². The fourth-order valence-electron chi connectivity index (χ4n) is 0. The number of rotatable bonds is 0. The standard InChI is InChI=1S/4C2HF3O2.2Mo/c4*3-2(4,5)1(6)7;;/h4*(H,6,7);;. The Bertz CT molecular complexity index is 440. The van der Waals surface area contributed by atoms with Crippen LogP contribution in [0.2, 0.25) is 0 Å². The maximum atomic E-state index is 10.6. The van der Waals surface area contributed by atoms with Crippen molar-refractivity contribution in [2.75, 3.05) is 0 Å². The average molecular weight is 648 g/mol. The van der Waals surface area contributed by atoms with Crippen molar-refractivity contribution in [2.45, 2.75) is 24.7 Å². The number of hydrogen-bond acceptors (Lipinski definition) is 4. The molecule has 8 nitrogen and oxygen atoms in total. The monoisotopic (exact) mass is 652 g/mol. The van der Waals surface area contributed by atoms with Crippen LogP contribution in [0.5, 0.6) is 0 Å². The van der Waals surface area contributed by atoms with Crippen molar-refractivity contribution in [3.05, 3.63) is 0 Å². The summed E-state index contributed by atoms with van der Waals surface area (Å²) in [6.07, 6.45) is -20.3. The van der Waals surface area contributed by atoms with Crippen LogP contribution >= 0.6 is 0 Å². The van der Waals surface area contributed by atoms with Gasteiger partial charge in [0.2, 0.25) is 0 Å². The number of carbonyl (C=O) groups is 4. The summed E-state index contributed by atoms with van der Waals surface area (Å²) in [6.45, 7) is 0. The van der Waals surface area contributed by atoms with E-state index in [2.05, 4.69) is 0 Å². The molecule has 22 heteroatoms. The second-order valence-electron chi connectivity index (χ2n) is 3.21. The predicted octanol–water partition coefficient (Wildman–Crippen LogP) is 2.53. The molecular formula is C8H4F12Mo2O8. The molecule has 0 fully saturated rings. The van der Waals surface area contributed by atoms with E-state index in [-0.39, 0.29) is 42.1 Å². The summed E-state index contributed by atoms with van der Waals surface area (Å²) in [4.78, 5) is 35.6. The number of alkyl halides is 12. The van der Waals surface area contributed by atoms with Gasteiger partial charge in [0.1, 0.15) is 0 Å². The van der Waals surface area contributed by atoms with Gasteiger partial charge in [0.15, 0.2) is 0 Å². The van der Waals surface area contributed by atoms with Gasteiger partial charge < -0.3 is 20.4 Å². The molecule has 0 aliphatic carbocycles. The van der Waals surface area contributed by atoms with E-state index in [1.54, 1.807) is 0 Å². The van der Waals surface area contributed by atoms with Crippen molar-refractivity contribution in [1.29, 1.82) is 0 Å². The van der Waals surface area contributed by atoms with Gasteiger partial charge >= 0.3 is 48.6 Å². The summed E-state index contributed by atoms with van der Waals surface area (Å²) in [7, 11) is 0. The van der Waals surface area contributed by atoms with Gasteiger partial charge in [-0.2, -0.15) is 52.7 Å². The number of halogens is 12. The van der Waals surface area contributed by atoms with E-state index in [0.717, 1.165) is 0 Å². The summed E-state index contributed by atoms with van der Waals surface area (Å²) in [6, 6.07) is 0. The van der Waals surface area contributed by atoms with Crippen molar-refractivity contribution in [3.8, 4) is 0 Å². The van der Waals surface area contributed by atoms with Crippen LogP contribution in [-0.2, 0) is 61.3 Å². The molecular weight excluding hydrogens is 644 g/mol. The molecule has 0 radical (unpaired) electrons. The van der Waals surface area contributed by atoms with E-state index in [9.17, 15) is 52.7 Å². The molecule has 0 aromatic carbocycles. The van der Waals surface area contributed by atoms with Crippen LogP contribution in [0.25, 0.3) is 0 Å². The Morgan fingerprint density at radius 3 is 0.400 bits per heavy atom. The summed E-state index contributed by atoms with van der Waals surface area (Å²) in [5.74, 6) is -11.0. The second kappa shape index (κ2) is 16.2. The molecule has 0 spiro atoms. The summed E-state index contributed by atoms with van der Waals surface area (Å²) in [5.41, 5.74) is 0. The summed E-state index contributed by atoms with van der Waals surface area (Å²) < 4.78 is 127. The molecule has 0 aliphatic rings. The number of carboxylic acids is 4. The van der Waals surface area contributed by atoms with E-state index in [4.69, 9.17) is 39.6 Å². The normalized spacial score (nSPS) is 10.5.